The monoisotopic (exact) mass is 873 g/mol. The summed E-state index contributed by atoms with van der Waals surface area (Å²) in [6, 6.07) is 13.7. The van der Waals surface area contributed by atoms with Crippen molar-refractivity contribution < 1.29 is 37.8 Å². The van der Waals surface area contributed by atoms with Gasteiger partial charge in [-0.05, 0) is 67.6 Å². The minimum Gasteiger partial charge on any atom is -0.490 e. The number of carbonyl (C=O) groups is 4. The van der Waals surface area contributed by atoms with Crippen molar-refractivity contribution in [1.82, 2.24) is 20.6 Å². The Morgan fingerprint density at radius 2 is 1.36 bits per heavy atom. The van der Waals surface area contributed by atoms with Crippen LogP contribution in [0.1, 0.15) is 58.4 Å². The molecule has 0 spiro atoms. The maximum atomic E-state index is 13.4. The van der Waals surface area contributed by atoms with E-state index < -0.39 is 66.5 Å². The number of pyridine rings is 1. The first-order valence-electron chi connectivity index (χ1n) is 19.1. The number of nitrogens with two attached hydrogens (primary N) is 3. The summed E-state index contributed by atoms with van der Waals surface area (Å²) in [6.07, 6.45) is 0.308. The number of halogens is 1. The number of thioether (sulfide) groups is 1. The van der Waals surface area contributed by atoms with Gasteiger partial charge in [0.1, 0.15) is 65.9 Å². The summed E-state index contributed by atoms with van der Waals surface area (Å²) in [7, 11) is 0. The van der Waals surface area contributed by atoms with Crippen LogP contribution in [0.5, 0.6) is 5.75 Å². The molecule has 61 heavy (non-hydrogen) atoms. The Hall–Kier alpha value is -6.18. The number of esters is 2. The van der Waals surface area contributed by atoms with Crippen LogP contribution in [-0.2, 0) is 34.4 Å². The molecule has 0 saturated carbocycles. The number of aromatic nitrogens is 2. The second kappa shape index (κ2) is 21.9. The summed E-state index contributed by atoms with van der Waals surface area (Å²) in [5.74, 6) is -2.65. The number of hydrogen-bond donors (Lipinski definition) is 5. The second-order valence-electron chi connectivity index (χ2n) is 14.7. The van der Waals surface area contributed by atoms with E-state index in [4.69, 9.17) is 47.4 Å². The third-order valence-corrected chi connectivity index (χ3v) is 10.2. The van der Waals surface area contributed by atoms with Crippen LogP contribution in [0.2, 0.25) is 5.02 Å². The first kappa shape index (κ1) is 47.5. The van der Waals surface area contributed by atoms with Gasteiger partial charge in [-0.3, -0.25) is 9.59 Å². The quantitative estimate of drug-likeness (QED) is 0.0641. The van der Waals surface area contributed by atoms with Crippen molar-refractivity contribution in [2.75, 3.05) is 18.9 Å². The fraction of sp³-hybridized carbons (Fsp3) is 0.381. The number of rotatable bonds is 19. The zero-order valence-corrected chi connectivity index (χ0v) is 36.0. The van der Waals surface area contributed by atoms with E-state index in [1.54, 1.807) is 76.2 Å². The van der Waals surface area contributed by atoms with Crippen LogP contribution in [-0.4, -0.2) is 77.2 Å². The Morgan fingerprint density at radius 1 is 0.803 bits per heavy atom. The highest BCUT2D eigenvalue weighted by Crippen LogP contribution is 2.37. The summed E-state index contributed by atoms with van der Waals surface area (Å²) < 4.78 is 22.9. The highest BCUT2D eigenvalue weighted by atomic mass is 35.5. The molecule has 4 rings (SSSR count). The van der Waals surface area contributed by atoms with Crippen LogP contribution in [0.15, 0.2) is 64.2 Å². The lowest BCUT2D eigenvalue weighted by Crippen LogP contribution is -2.52. The molecule has 4 aromatic rings. The van der Waals surface area contributed by atoms with Gasteiger partial charge in [0.05, 0.1) is 23.3 Å². The average Bonchev–Trinajstić information content (AvgIpc) is 3.70. The molecule has 2 aromatic carbocycles. The van der Waals surface area contributed by atoms with Crippen molar-refractivity contribution >= 4 is 52.9 Å². The molecule has 0 fully saturated rings. The lowest BCUT2D eigenvalue weighted by Gasteiger charge is -2.26. The number of hydrogen-bond acceptors (Lipinski definition) is 16. The van der Waals surface area contributed by atoms with E-state index in [0.717, 1.165) is 5.56 Å². The van der Waals surface area contributed by atoms with Gasteiger partial charge in [0, 0.05) is 21.9 Å². The molecule has 19 heteroatoms. The van der Waals surface area contributed by atoms with E-state index in [1.807, 2.05) is 0 Å². The normalized spacial score (nSPS) is 13.5. The third-order valence-electron chi connectivity index (χ3n) is 8.95. The molecule has 0 aliphatic rings. The van der Waals surface area contributed by atoms with Crippen LogP contribution < -0.4 is 32.6 Å². The van der Waals surface area contributed by atoms with Crippen LogP contribution in [0, 0.1) is 34.5 Å². The zero-order valence-electron chi connectivity index (χ0n) is 34.4. The van der Waals surface area contributed by atoms with E-state index in [0.29, 0.717) is 22.2 Å². The van der Waals surface area contributed by atoms with E-state index >= 15 is 0 Å². The molecule has 1 unspecified atom stereocenters. The van der Waals surface area contributed by atoms with E-state index in [1.165, 1.54) is 31.9 Å². The first-order valence-corrected chi connectivity index (χ1v) is 20.5. The lowest BCUT2D eigenvalue weighted by molar-refractivity contribution is -0.165. The maximum absolute atomic E-state index is 13.4. The molecule has 2 amide bonds. The molecular formula is C42H48ClN9O8S. The van der Waals surface area contributed by atoms with Gasteiger partial charge in [-0.15, -0.1) is 0 Å². The second-order valence-corrected chi connectivity index (χ2v) is 16.1. The number of nitriles is 2. The van der Waals surface area contributed by atoms with Crippen molar-refractivity contribution in [1.29, 1.82) is 10.5 Å². The number of anilines is 1. The highest BCUT2D eigenvalue weighted by Gasteiger charge is 2.32. The van der Waals surface area contributed by atoms with E-state index in [2.05, 4.69) is 32.7 Å². The van der Waals surface area contributed by atoms with Gasteiger partial charge < -0.3 is 46.5 Å². The van der Waals surface area contributed by atoms with Gasteiger partial charge >= 0.3 is 11.9 Å². The van der Waals surface area contributed by atoms with Gasteiger partial charge in [-0.25, -0.2) is 19.6 Å². The van der Waals surface area contributed by atoms with Crippen LogP contribution in [0.4, 0.5) is 5.82 Å². The predicted octanol–water partition coefficient (Wildman–Crippen LogP) is 4.48. The van der Waals surface area contributed by atoms with Crippen LogP contribution >= 0.6 is 23.4 Å². The van der Waals surface area contributed by atoms with Crippen molar-refractivity contribution in [3.8, 4) is 40.5 Å². The molecule has 0 bridgehead atoms. The molecule has 0 saturated heterocycles. The molecule has 0 aliphatic heterocycles. The average molecular weight is 874 g/mol. The number of nitrogens with zero attached hydrogens (tertiary/aromatic N) is 4. The van der Waals surface area contributed by atoms with Gasteiger partial charge in [-0.1, -0.05) is 63.2 Å². The number of benzene rings is 2. The minimum absolute atomic E-state index is 0.00228. The number of amides is 2. The third kappa shape index (κ3) is 12.9. The SMILES string of the molecule is CC(C)C(NC(=O)[C@H](C)N)C(=O)O[C@H](COC(=O)[C@@H](NC(=O)[C@H](C)N)C(C)C)COc1ccc(-c2c(C#N)c(N)nc(SCc3coc(-c4ccc(Cl)cc4)n3)c2C#N)cc1. The van der Waals surface area contributed by atoms with Crippen LogP contribution in [0.25, 0.3) is 22.6 Å². The van der Waals surface area contributed by atoms with E-state index in [9.17, 15) is 29.7 Å². The summed E-state index contributed by atoms with van der Waals surface area (Å²) in [5, 5.41) is 26.4. The largest absolute Gasteiger partial charge is 0.490 e. The molecule has 2 heterocycles. The molecule has 5 atom stereocenters. The first-order chi connectivity index (χ1) is 28.9. The van der Waals surface area contributed by atoms with Crippen LogP contribution in [0.3, 0.4) is 0 Å². The zero-order chi connectivity index (χ0) is 45.0. The van der Waals surface area contributed by atoms with E-state index in [-0.39, 0.29) is 51.6 Å². The summed E-state index contributed by atoms with van der Waals surface area (Å²) >= 11 is 7.19. The minimum atomic E-state index is -1.19. The topological polar surface area (TPSA) is 285 Å². The Balaban J connectivity index is 1.55. The van der Waals surface area contributed by atoms with Crippen molar-refractivity contribution in [3.63, 3.8) is 0 Å². The number of nitrogens with one attached hydrogen (secondary N) is 2. The summed E-state index contributed by atoms with van der Waals surface area (Å²) in [4.78, 5) is 60.2. The van der Waals surface area contributed by atoms with Crippen molar-refractivity contribution in [3.05, 3.63) is 76.6 Å². The van der Waals surface area contributed by atoms with Crippen molar-refractivity contribution in [2.24, 2.45) is 23.3 Å². The Labute approximate surface area is 362 Å². The number of nitrogen functional groups attached to an aromatic ring is 1. The highest BCUT2D eigenvalue weighted by molar-refractivity contribution is 7.98. The Morgan fingerprint density at radius 3 is 1.90 bits per heavy atom. The fourth-order valence-corrected chi connectivity index (χ4v) is 6.52. The lowest BCUT2D eigenvalue weighted by atomic mass is 9.97. The smallest absolute Gasteiger partial charge is 0.329 e. The summed E-state index contributed by atoms with van der Waals surface area (Å²) in [6.45, 7) is 8.98. The van der Waals surface area contributed by atoms with Crippen molar-refractivity contribution in [2.45, 2.75) is 82.6 Å². The Kier molecular flexibility index (Phi) is 17.0. The predicted molar refractivity (Wildman–Crippen MR) is 227 cm³/mol. The number of carbonyl (C=O) groups excluding carboxylic acids is 4. The molecule has 8 N–H and O–H groups in total. The summed E-state index contributed by atoms with van der Waals surface area (Å²) in [5.41, 5.74) is 19.8. The Bertz CT molecular complexity index is 2270. The molecule has 17 nitrogen and oxygen atoms in total. The molecule has 0 radical (unpaired) electrons. The number of oxazole rings is 1. The molecular weight excluding hydrogens is 826 g/mol. The maximum Gasteiger partial charge on any atom is 0.329 e. The molecule has 2 aromatic heterocycles. The van der Waals surface area contributed by atoms with Gasteiger partial charge in [-0.2, -0.15) is 10.5 Å². The fourth-order valence-electron chi connectivity index (χ4n) is 5.52. The standard InChI is InChI=1S/C42H48ClN9O8S/c1-21(2)34(50-37(53)23(5)46)41(55)59-19-30(60-42(56)35(22(3)4)51-38(54)24(6)47)18-57-29-13-9-25(10-14-29)33-31(15-44)36(48)52-40(32(33)16-45)61-20-28-17-58-39(49-28)26-7-11-27(43)12-8-26/h7-14,17,21-24,30,34-35H,18-20,46-47H2,1-6H3,(H2,48,52)(H,50,53)(H,51,54)/t23-,24-,30-,34-,35?/m0/s1. The molecule has 0 aliphatic carbocycles. The number of ether oxygens (including phenoxy) is 3. The van der Waals surface area contributed by atoms with Gasteiger partial charge in [0.25, 0.3) is 0 Å². The van der Waals surface area contributed by atoms with Gasteiger partial charge in [0.15, 0.2) is 6.10 Å². The molecule has 322 valence electrons. The van der Waals surface area contributed by atoms with Gasteiger partial charge in [0.2, 0.25) is 17.7 Å².